The largest absolute Gasteiger partial charge is 0.456 e. The average Bonchev–Trinajstić information content (AvgIpc) is 3.81. The Hall–Kier alpha value is -6.78. The molecule has 0 bridgehead atoms. The molecule has 0 saturated carbocycles. The first kappa shape index (κ1) is 38.5. The van der Waals surface area contributed by atoms with Gasteiger partial charge >= 0.3 is 6.85 Å². The molecule has 5 aliphatic rings. The Bertz CT molecular complexity index is 3620. The molecule has 2 aliphatic carbocycles. The molecule has 0 amide bonds. The molecule has 320 valence electrons. The number of hydrogen-bond donors (Lipinski definition) is 0. The van der Waals surface area contributed by atoms with Gasteiger partial charge < -0.3 is 14.1 Å². The Morgan fingerprint density at radius 2 is 1.17 bits per heavy atom. The fourth-order valence-electron chi connectivity index (χ4n) is 13.6. The van der Waals surface area contributed by atoms with Crippen LogP contribution >= 0.6 is 0 Å². The smallest absolute Gasteiger partial charge is 0.333 e. The van der Waals surface area contributed by atoms with Gasteiger partial charge in [0, 0.05) is 56.0 Å². The number of nitrogens with zero attached hydrogens (tertiary/aromatic N) is 2. The molecular formula is C62H53BN2O. The Morgan fingerprint density at radius 1 is 0.470 bits per heavy atom. The molecule has 0 radical (unpaired) electrons. The minimum atomic E-state index is -0.261. The van der Waals surface area contributed by atoms with E-state index in [2.05, 4.69) is 217 Å². The molecule has 66 heavy (non-hydrogen) atoms. The van der Waals surface area contributed by atoms with Crippen molar-refractivity contribution in [3.05, 3.63) is 185 Å². The van der Waals surface area contributed by atoms with Crippen molar-refractivity contribution >= 4 is 68.1 Å². The normalized spacial score (nSPS) is 18.0. The van der Waals surface area contributed by atoms with Gasteiger partial charge in [0.15, 0.2) is 0 Å². The number of benzene rings is 8. The number of furan rings is 1. The first-order valence-corrected chi connectivity index (χ1v) is 24.1. The third-order valence-electron chi connectivity index (χ3n) is 17.1. The van der Waals surface area contributed by atoms with E-state index in [0.29, 0.717) is 0 Å². The summed E-state index contributed by atoms with van der Waals surface area (Å²) in [5, 5.41) is 2.35. The molecule has 8 aromatic carbocycles. The van der Waals surface area contributed by atoms with Gasteiger partial charge in [0.1, 0.15) is 11.2 Å². The van der Waals surface area contributed by atoms with E-state index in [1.54, 1.807) is 0 Å². The van der Waals surface area contributed by atoms with Crippen molar-refractivity contribution in [2.24, 2.45) is 0 Å². The summed E-state index contributed by atoms with van der Waals surface area (Å²) in [7, 11) is 0. The summed E-state index contributed by atoms with van der Waals surface area (Å²) in [6.07, 6.45) is 2.35. The van der Waals surface area contributed by atoms with E-state index < -0.39 is 0 Å². The highest BCUT2D eigenvalue weighted by Gasteiger charge is 2.52. The first-order valence-electron chi connectivity index (χ1n) is 24.1. The second kappa shape index (κ2) is 12.6. The predicted molar refractivity (Wildman–Crippen MR) is 278 cm³/mol. The molecule has 0 spiro atoms. The van der Waals surface area contributed by atoms with Crippen molar-refractivity contribution in [1.82, 2.24) is 0 Å². The average molecular weight is 853 g/mol. The van der Waals surface area contributed by atoms with Gasteiger partial charge in [-0.15, -0.1) is 0 Å². The number of para-hydroxylation sites is 2. The summed E-state index contributed by atoms with van der Waals surface area (Å²) in [6, 6.07) is 57.9. The maximum atomic E-state index is 7.03. The summed E-state index contributed by atoms with van der Waals surface area (Å²) in [6.45, 7) is 19.5. The second-order valence-electron chi connectivity index (χ2n) is 22.3. The second-order valence-corrected chi connectivity index (χ2v) is 22.3. The van der Waals surface area contributed by atoms with Crippen LogP contribution in [0.2, 0.25) is 0 Å². The summed E-state index contributed by atoms with van der Waals surface area (Å²) >= 11 is 0. The molecule has 9 aromatic rings. The molecule has 4 heterocycles. The van der Waals surface area contributed by atoms with Crippen molar-refractivity contribution < 1.29 is 4.42 Å². The van der Waals surface area contributed by atoms with Gasteiger partial charge in [0.2, 0.25) is 0 Å². The van der Waals surface area contributed by atoms with Crippen LogP contribution in [0.4, 0.5) is 28.4 Å². The number of rotatable bonds is 2. The van der Waals surface area contributed by atoms with E-state index in [1.807, 2.05) is 0 Å². The molecule has 3 nitrogen and oxygen atoms in total. The predicted octanol–water partition coefficient (Wildman–Crippen LogP) is 15.3. The van der Waals surface area contributed by atoms with E-state index in [1.165, 1.54) is 118 Å². The molecule has 14 rings (SSSR count). The van der Waals surface area contributed by atoms with Crippen molar-refractivity contribution in [2.45, 2.75) is 89.9 Å². The number of anilines is 5. The lowest BCUT2D eigenvalue weighted by Crippen LogP contribution is -2.62. The van der Waals surface area contributed by atoms with Crippen molar-refractivity contribution in [3.8, 4) is 33.4 Å². The molecular weight excluding hydrogens is 800 g/mol. The molecule has 0 atom stereocenters. The summed E-state index contributed by atoms with van der Waals surface area (Å²) in [5.41, 5.74) is 26.6. The fraction of sp³-hybridized carbons (Fsp3) is 0.226. The van der Waals surface area contributed by atoms with Crippen LogP contribution in [0.5, 0.6) is 0 Å². The van der Waals surface area contributed by atoms with Crippen LogP contribution in [0, 0.1) is 0 Å². The monoisotopic (exact) mass is 852 g/mol. The maximum absolute atomic E-state index is 7.03. The number of fused-ring (bicyclic) bond motifs is 14. The Kier molecular flexibility index (Phi) is 7.32. The summed E-state index contributed by atoms with van der Waals surface area (Å²) in [5.74, 6) is 0. The van der Waals surface area contributed by atoms with Crippen LogP contribution in [-0.4, -0.2) is 6.85 Å². The van der Waals surface area contributed by atoms with Crippen molar-refractivity contribution in [2.75, 3.05) is 9.71 Å². The molecule has 0 unspecified atom stereocenters. The van der Waals surface area contributed by atoms with E-state index in [-0.39, 0.29) is 28.5 Å². The van der Waals surface area contributed by atoms with E-state index in [9.17, 15) is 0 Å². The SMILES string of the molecule is CC1(C)CCC(C)(C)c2cc3c(cc21)N1c2cc4oc5ccccc5c4c4c2B(c2cccc(c21)C3(C)C)N(c1cccc2c1C(C)(C)c1ccccc1-2)c1cc(-c2ccccc2)ccc1-4. The van der Waals surface area contributed by atoms with E-state index in [0.717, 1.165) is 23.0 Å². The molecule has 1 aromatic heterocycles. The van der Waals surface area contributed by atoms with Crippen LogP contribution in [-0.2, 0) is 21.7 Å². The summed E-state index contributed by atoms with van der Waals surface area (Å²) < 4.78 is 7.03. The molecule has 0 saturated heterocycles. The van der Waals surface area contributed by atoms with Crippen LogP contribution in [0.3, 0.4) is 0 Å². The molecule has 0 fully saturated rings. The Labute approximate surface area is 388 Å². The van der Waals surface area contributed by atoms with Gasteiger partial charge in [-0.1, -0.05) is 177 Å². The van der Waals surface area contributed by atoms with Gasteiger partial charge in [-0.2, -0.15) is 0 Å². The minimum absolute atomic E-state index is 0.0501. The maximum Gasteiger partial charge on any atom is 0.333 e. The zero-order chi connectivity index (χ0) is 44.8. The van der Waals surface area contributed by atoms with Crippen LogP contribution < -0.4 is 20.6 Å². The van der Waals surface area contributed by atoms with Gasteiger partial charge in [-0.3, -0.25) is 0 Å². The lowest BCUT2D eigenvalue weighted by atomic mass is 9.42. The third kappa shape index (κ3) is 4.75. The Morgan fingerprint density at radius 3 is 1.98 bits per heavy atom. The lowest BCUT2D eigenvalue weighted by Gasteiger charge is -2.52. The van der Waals surface area contributed by atoms with Crippen LogP contribution in [0.25, 0.3) is 55.3 Å². The highest BCUT2D eigenvalue weighted by molar-refractivity contribution is 6.94. The highest BCUT2D eigenvalue weighted by Crippen LogP contribution is 2.61. The Balaban J connectivity index is 1.16. The molecule has 0 N–H and O–H groups in total. The third-order valence-corrected chi connectivity index (χ3v) is 17.1. The standard InChI is InChI=1S/C62H53BN2O/c1-59(2)30-31-60(3,4)45-34-50-46(33-44(45)59)61(5,6)43-24-17-25-47-58(43)64(50)51-35-53-54(41-21-13-15-27-52(41)66-53)55-40-29-28-37(36-18-10-9-11-19-36)32-49(40)65(63(47)57(51)55)48-26-16-22-39-38-20-12-14-23-42(38)62(7,8)56(39)48/h9-29,32-35H,30-31H2,1-8H3. The van der Waals surface area contributed by atoms with Gasteiger partial charge in [0.05, 0.1) is 5.69 Å². The first-order chi connectivity index (χ1) is 31.8. The zero-order valence-corrected chi connectivity index (χ0v) is 39.2. The van der Waals surface area contributed by atoms with Crippen LogP contribution in [0.15, 0.2) is 156 Å². The zero-order valence-electron chi connectivity index (χ0n) is 39.2. The highest BCUT2D eigenvalue weighted by atomic mass is 16.3. The summed E-state index contributed by atoms with van der Waals surface area (Å²) in [4.78, 5) is 5.45. The van der Waals surface area contributed by atoms with Gasteiger partial charge in [0.25, 0.3) is 0 Å². The van der Waals surface area contributed by atoms with Crippen LogP contribution in [0.1, 0.15) is 102 Å². The van der Waals surface area contributed by atoms with Crippen molar-refractivity contribution in [3.63, 3.8) is 0 Å². The topological polar surface area (TPSA) is 19.6 Å². The van der Waals surface area contributed by atoms with E-state index in [4.69, 9.17) is 4.42 Å². The quantitative estimate of drug-likeness (QED) is 0.162. The number of hydrogen-bond acceptors (Lipinski definition) is 3. The minimum Gasteiger partial charge on any atom is -0.456 e. The fourth-order valence-corrected chi connectivity index (χ4v) is 13.6. The lowest BCUT2D eigenvalue weighted by molar-refractivity contribution is 0.331. The molecule has 4 heteroatoms. The van der Waals surface area contributed by atoms with E-state index >= 15 is 0 Å². The van der Waals surface area contributed by atoms with Gasteiger partial charge in [-0.05, 0) is 120 Å². The molecule has 3 aliphatic heterocycles. The van der Waals surface area contributed by atoms with Gasteiger partial charge in [-0.25, -0.2) is 0 Å². The van der Waals surface area contributed by atoms with Crippen molar-refractivity contribution in [1.29, 1.82) is 0 Å².